The van der Waals surface area contributed by atoms with Crippen molar-refractivity contribution in [2.24, 2.45) is 0 Å². The minimum absolute atomic E-state index is 0.0882. The van der Waals surface area contributed by atoms with Gasteiger partial charge in [0.15, 0.2) is 5.76 Å². The van der Waals surface area contributed by atoms with Crippen LogP contribution in [-0.4, -0.2) is 20.5 Å². The van der Waals surface area contributed by atoms with Gasteiger partial charge >= 0.3 is 15.6 Å². The predicted molar refractivity (Wildman–Crippen MR) is 112 cm³/mol. The molecular weight excluding hydrogens is 445 g/mol. The van der Waals surface area contributed by atoms with E-state index in [1.165, 1.54) is 0 Å². The molecule has 3 rings (SSSR count). The second kappa shape index (κ2) is 9.40. The Morgan fingerprint density at radius 3 is 2.62 bits per heavy atom. The van der Waals surface area contributed by atoms with Gasteiger partial charge < -0.3 is 13.7 Å². The van der Waals surface area contributed by atoms with Crippen LogP contribution in [0.2, 0.25) is 0 Å². The molecule has 0 aromatic heterocycles. The van der Waals surface area contributed by atoms with E-state index in [1.807, 2.05) is 48.6 Å². The van der Waals surface area contributed by atoms with Crippen LogP contribution in [0, 0.1) is 12.3 Å². The predicted octanol–water partition coefficient (Wildman–Crippen LogP) is 5.03. The van der Waals surface area contributed by atoms with E-state index in [4.69, 9.17) is 15.9 Å². The molecule has 32 heavy (non-hydrogen) atoms. The molecule has 0 saturated heterocycles. The van der Waals surface area contributed by atoms with Crippen LogP contribution < -0.4 is 0 Å². The maximum absolute atomic E-state index is 12.6. The quantitative estimate of drug-likeness (QED) is 0.256. The summed E-state index contributed by atoms with van der Waals surface area (Å²) in [5.74, 6) is 1.75. The van der Waals surface area contributed by atoms with E-state index in [1.54, 1.807) is 12.8 Å². The minimum Gasteiger partial charge on any atom is -0.489 e. The third-order valence-corrected chi connectivity index (χ3v) is 5.56. The van der Waals surface area contributed by atoms with Crippen LogP contribution in [-0.2, 0) is 30.4 Å². The molecule has 5 nitrogen and oxygen atoms in total. The molecule has 0 N–H and O–H groups in total. The van der Waals surface area contributed by atoms with E-state index in [-0.39, 0.29) is 12.4 Å². The summed E-state index contributed by atoms with van der Waals surface area (Å²) in [7, 11) is -5.88. The number of benzene rings is 1. The van der Waals surface area contributed by atoms with Gasteiger partial charge in [-0.1, -0.05) is 36.4 Å². The molecule has 1 aromatic rings. The van der Waals surface area contributed by atoms with Crippen molar-refractivity contribution < 1.29 is 35.2 Å². The first-order valence-corrected chi connectivity index (χ1v) is 10.8. The van der Waals surface area contributed by atoms with E-state index in [0.717, 1.165) is 22.8 Å². The summed E-state index contributed by atoms with van der Waals surface area (Å²) in [4.78, 5) is 0. The van der Waals surface area contributed by atoms with Crippen LogP contribution in [0.25, 0.3) is 0 Å². The maximum atomic E-state index is 12.6. The highest BCUT2D eigenvalue weighted by Gasteiger charge is 2.48. The first-order chi connectivity index (χ1) is 15.1. The fourth-order valence-corrected chi connectivity index (χ4v) is 3.44. The van der Waals surface area contributed by atoms with Crippen LogP contribution in [0.4, 0.5) is 13.2 Å². The van der Waals surface area contributed by atoms with Crippen LogP contribution in [0.15, 0.2) is 88.6 Å². The van der Waals surface area contributed by atoms with Gasteiger partial charge in [-0.05, 0) is 48.1 Å². The third kappa shape index (κ3) is 5.45. The van der Waals surface area contributed by atoms with Crippen molar-refractivity contribution >= 4 is 10.1 Å². The average molecular weight is 464 g/mol. The van der Waals surface area contributed by atoms with Crippen molar-refractivity contribution in [3.8, 4) is 12.3 Å². The number of hydrogen-bond donors (Lipinski definition) is 0. The van der Waals surface area contributed by atoms with Crippen molar-refractivity contribution in [1.82, 2.24) is 0 Å². The van der Waals surface area contributed by atoms with Crippen LogP contribution in [0.3, 0.4) is 0 Å². The van der Waals surface area contributed by atoms with Gasteiger partial charge in [0.05, 0.1) is 0 Å². The first-order valence-electron chi connectivity index (χ1n) is 9.42. The molecule has 0 amide bonds. The zero-order chi connectivity index (χ0) is 23.4. The van der Waals surface area contributed by atoms with Crippen molar-refractivity contribution in [2.75, 3.05) is 6.61 Å². The molecule has 1 aliphatic heterocycles. The SMILES string of the molecule is C#C/C(=C\C1=C(C)C2=CCC=C(OCc3ccccc3)C=C2CO1)OS(=O)(=O)C(F)(F)F. The Hall–Kier alpha value is -3.38. The normalized spacial score (nSPS) is 17.1. The molecule has 0 unspecified atom stereocenters. The molecular formula is C23H19F3O5S. The van der Waals surface area contributed by atoms with Crippen LogP contribution >= 0.6 is 0 Å². The van der Waals surface area contributed by atoms with Crippen LogP contribution in [0.1, 0.15) is 18.9 Å². The summed E-state index contributed by atoms with van der Waals surface area (Å²) in [6.45, 7) is 2.17. The summed E-state index contributed by atoms with van der Waals surface area (Å²) < 4.78 is 75.7. The molecule has 0 bridgehead atoms. The van der Waals surface area contributed by atoms with Gasteiger partial charge in [0.1, 0.15) is 24.7 Å². The van der Waals surface area contributed by atoms with Crippen molar-refractivity contribution in [1.29, 1.82) is 0 Å². The number of allylic oxidation sites excluding steroid dienone is 6. The molecule has 0 fully saturated rings. The summed E-state index contributed by atoms with van der Waals surface area (Å²) in [6, 6.07) is 9.66. The Kier molecular flexibility index (Phi) is 6.84. The summed E-state index contributed by atoms with van der Waals surface area (Å²) in [5, 5.41) is 0. The largest absolute Gasteiger partial charge is 0.534 e. The van der Waals surface area contributed by atoms with Gasteiger partial charge in [-0.15, -0.1) is 6.42 Å². The first kappa shape index (κ1) is 23.3. The fourth-order valence-electron chi connectivity index (χ4n) is 3.01. The zero-order valence-electron chi connectivity index (χ0n) is 17.0. The van der Waals surface area contributed by atoms with E-state index < -0.39 is 21.4 Å². The standard InChI is InChI=1S/C23H19F3O5S/c1-3-19(31-32(27,28)23(24,25)26)13-22-16(2)21-11-7-10-20(12-18(21)15-30-22)29-14-17-8-5-4-6-9-17/h1,4-6,8-13H,7,14-15H2,2H3/b19-13+. The Balaban J connectivity index is 1.79. The molecule has 0 atom stereocenters. The van der Waals surface area contributed by atoms with Gasteiger partial charge in [-0.2, -0.15) is 21.6 Å². The topological polar surface area (TPSA) is 61.8 Å². The van der Waals surface area contributed by atoms with Crippen molar-refractivity contribution in [3.05, 3.63) is 94.2 Å². The lowest BCUT2D eigenvalue weighted by molar-refractivity contribution is -0.0519. The molecule has 1 aromatic carbocycles. The van der Waals surface area contributed by atoms with Crippen LogP contribution in [0.5, 0.6) is 0 Å². The average Bonchev–Trinajstić information content (AvgIpc) is 2.96. The highest BCUT2D eigenvalue weighted by molar-refractivity contribution is 7.87. The molecule has 0 spiro atoms. The van der Waals surface area contributed by atoms with E-state index in [0.29, 0.717) is 24.4 Å². The lowest BCUT2D eigenvalue weighted by Crippen LogP contribution is -2.25. The highest BCUT2D eigenvalue weighted by Crippen LogP contribution is 2.34. The van der Waals surface area contributed by atoms with Crippen molar-refractivity contribution in [3.63, 3.8) is 0 Å². The molecule has 1 heterocycles. The second-order valence-electron chi connectivity index (χ2n) is 6.82. The Morgan fingerprint density at radius 1 is 1.25 bits per heavy atom. The lowest BCUT2D eigenvalue weighted by atomic mass is 9.95. The van der Waals surface area contributed by atoms with Crippen molar-refractivity contribution in [2.45, 2.75) is 25.5 Å². The zero-order valence-corrected chi connectivity index (χ0v) is 17.8. The number of terminal acetylenes is 1. The minimum atomic E-state index is -5.88. The molecule has 2 aliphatic rings. The summed E-state index contributed by atoms with van der Waals surface area (Å²) in [6.07, 6.45) is 12.3. The number of hydrogen-bond acceptors (Lipinski definition) is 5. The number of fused-ring (bicyclic) bond motifs is 1. The second-order valence-corrected chi connectivity index (χ2v) is 8.36. The monoisotopic (exact) mass is 464 g/mol. The lowest BCUT2D eigenvalue weighted by Gasteiger charge is -2.23. The van der Waals surface area contributed by atoms with E-state index >= 15 is 0 Å². The van der Waals surface area contributed by atoms with E-state index in [9.17, 15) is 21.6 Å². The molecule has 1 aliphatic carbocycles. The van der Waals surface area contributed by atoms with Gasteiger partial charge in [0.25, 0.3) is 0 Å². The fraction of sp³-hybridized carbons (Fsp3) is 0.217. The van der Waals surface area contributed by atoms with E-state index in [2.05, 4.69) is 4.18 Å². The number of halogens is 3. The molecule has 9 heteroatoms. The van der Waals surface area contributed by atoms with Gasteiger partial charge in [0, 0.05) is 11.6 Å². The molecule has 0 saturated carbocycles. The highest BCUT2D eigenvalue weighted by atomic mass is 32.2. The summed E-state index contributed by atoms with van der Waals surface area (Å²) in [5.41, 5.74) is -2.40. The van der Waals surface area contributed by atoms with Gasteiger partial charge in [-0.25, -0.2) is 0 Å². The van der Waals surface area contributed by atoms with Gasteiger partial charge in [-0.3, -0.25) is 0 Å². The Labute approximate surface area is 184 Å². The smallest absolute Gasteiger partial charge is 0.489 e. The number of ether oxygens (including phenoxy) is 2. The number of alkyl halides is 3. The number of rotatable bonds is 6. The molecule has 168 valence electrons. The Morgan fingerprint density at radius 2 is 1.97 bits per heavy atom. The summed E-state index contributed by atoms with van der Waals surface area (Å²) >= 11 is 0. The maximum Gasteiger partial charge on any atom is 0.534 e. The molecule has 0 radical (unpaired) electrons. The van der Waals surface area contributed by atoms with Gasteiger partial charge in [0.2, 0.25) is 0 Å². The Bertz CT molecular complexity index is 1180. The third-order valence-electron chi connectivity index (χ3n) is 4.60.